The van der Waals surface area contributed by atoms with Crippen molar-refractivity contribution in [3.05, 3.63) is 71.8 Å². The van der Waals surface area contributed by atoms with Gasteiger partial charge in [-0.25, -0.2) is 4.79 Å². The molecule has 0 heterocycles. The number of aryl methyl sites for hydroxylation is 1. The van der Waals surface area contributed by atoms with Crippen molar-refractivity contribution in [2.24, 2.45) is 17.3 Å². The molecule has 10 heteroatoms. The molecule has 2 aromatic rings. The molecule has 2 aromatic carbocycles. The van der Waals surface area contributed by atoms with E-state index in [1.807, 2.05) is 95.3 Å². The van der Waals surface area contributed by atoms with Crippen molar-refractivity contribution in [2.45, 2.75) is 130 Å². The van der Waals surface area contributed by atoms with Crippen LogP contribution in [0.25, 0.3) is 0 Å². The van der Waals surface area contributed by atoms with E-state index in [9.17, 15) is 24.0 Å². The van der Waals surface area contributed by atoms with Crippen LogP contribution < -0.4 is 21.3 Å². The molecular formula is C40H58N4O6. The minimum absolute atomic E-state index is 0.0152. The molecule has 2 unspecified atom stereocenters. The third-order valence-electron chi connectivity index (χ3n) is 8.76. The summed E-state index contributed by atoms with van der Waals surface area (Å²) < 4.78 is 5.44. The lowest BCUT2D eigenvalue weighted by Gasteiger charge is -2.28. The normalized spacial score (nSPS) is 16.0. The standard InChI is InChI=1S/C40H58N4O6/c1-26(2)23-31(34(45)40(8)21-22-40)41-37(48)33(25-29-17-13-10-14-18-29)43-36(47)32(24-27(3)4)42-35(46)30(44-38(49)50-39(5,6)7)20-19-28-15-11-9-12-16-28/h9-18,26-27,30-33H,19-25H2,1-8H3,(H,41,48)(H,42,46)(H,43,47)(H,44,49)/t30-,31?,32?,33+/m1/s1. The number of Topliss-reactive ketones (excluding diaryl/α,β-unsaturated/α-hetero) is 1. The number of rotatable bonds is 18. The van der Waals surface area contributed by atoms with Crippen LogP contribution in [0.2, 0.25) is 0 Å². The van der Waals surface area contributed by atoms with Crippen LogP contribution >= 0.6 is 0 Å². The topological polar surface area (TPSA) is 143 Å². The molecule has 50 heavy (non-hydrogen) atoms. The summed E-state index contributed by atoms with van der Waals surface area (Å²) in [5, 5.41) is 11.5. The number of hydrogen-bond acceptors (Lipinski definition) is 6. The lowest BCUT2D eigenvalue weighted by atomic mass is 9.91. The Morgan fingerprint density at radius 2 is 1.12 bits per heavy atom. The fraction of sp³-hybridized carbons (Fsp3) is 0.575. The summed E-state index contributed by atoms with van der Waals surface area (Å²) >= 11 is 0. The van der Waals surface area contributed by atoms with Gasteiger partial charge in [-0.15, -0.1) is 0 Å². The number of carbonyl (C=O) groups excluding carboxylic acids is 5. The zero-order chi connectivity index (χ0) is 37.1. The van der Waals surface area contributed by atoms with Crippen molar-refractivity contribution >= 4 is 29.6 Å². The summed E-state index contributed by atoms with van der Waals surface area (Å²) in [6.45, 7) is 15.0. The first kappa shape index (κ1) is 40.2. The van der Waals surface area contributed by atoms with Crippen molar-refractivity contribution in [1.82, 2.24) is 21.3 Å². The average Bonchev–Trinajstić information content (AvgIpc) is 3.79. The number of ketones is 1. The number of amides is 4. The minimum Gasteiger partial charge on any atom is -0.444 e. The maximum absolute atomic E-state index is 14.0. The van der Waals surface area contributed by atoms with Crippen LogP contribution in [0.4, 0.5) is 4.79 Å². The Labute approximate surface area is 298 Å². The van der Waals surface area contributed by atoms with Gasteiger partial charge in [0.2, 0.25) is 17.7 Å². The molecule has 4 atom stereocenters. The Hall–Kier alpha value is -4.21. The average molecular weight is 691 g/mol. The van der Waals surface area contributed by atoms with E-state index in [-0.39, 0.29) is 30.5 Å². The van der Waals surface area contributed by atoms with Gasteiger partial charge in [-0.1, -0.05) is 95.3 Å². The molecule has 0 spiro atoms. The van der Waals surface area contributed by atoms with Crippen molar-refractivity contribution in [3.8, 4) is 0 Å². The van der Waals surface area contributed by atoms with E-state index in [1.54, 1.807) is 20.8 Å². The van der Waals surface area contributed by atoms with Gasteiger partial charge in [0, 0.05) is 11.8 Å². The smallest absolute Gasteiger partial charge is 0.408 e. The van der Waals surface area contributed by atoms with Gasteiger partial charge >= 0.3 is 6.09 Å². The third kappa shape index (κ3) is 13.6. The number of carbonyl (C=O) groups is 5. The maximum Gasteiger partial charge on any atom is 0.408 e. The van der Waals surface area contributed by atoms with E-state index < -0.39 is 59.0 Å². The second kappa shape index (κ2) is 18.2. The van der Waals surface area contributed by atoms with Gasteiger partial charge in [0.15, 0.2) is 5.78 Å². The number of alkyl carbamates (subject to hydrolysis) is 1. The summed E-state index contributed by atoms with van der Waals surface area (Å²) in [4.78, 5) is 68.0. The maximum atomic E-state index is 14.0. The fourth-order valence-corrected chi connectivity index (χ4v) is 5.81. The summed E-state index contributed by atoms with van der Waals surface area (Å²) in [7, 11) is 0. The summed E-state index contributed by atoms with van der Waals surface area (Å²) in [6.07, 6.45) is 2.62. The molecule has 1 saturated carbocycles. The van der Waals surface area contributed by atoms with Crippen LogP contribution in [-0.4, -0.2) is 59.4 Å². The van der Waals surface area contributed by atoms with Crippen molar-refractivity contribution in [3.63, 3.8) is 0 Å². The van der Waals surface area contributed by atoms with Gasteiger partial charge in [-0.2, -0.15) is 0 Å². The van der Waals surface area contributed by atoms with Crippen LogP contribution in [0, 0.1) is 17.3 Å². The Morgan fingerprint density at radius 3 is 1.64 bits per heavy atom. The Morgan fingerprint density at radius 1 is 0.660 bits per heavy atom. The molecule has 0 bridgehead atoms. The highest BCUT2D eigenvalue weighted by molar-refractivity contribution is 5.97. The first-order valence-electron chi connectivity index (χ1n) is 18.0. The molecule has 3 rings (SSSR count). The Balaban J connectivity index is 1.83. The van der Waals surface area contributed by atoms with E-state index in [0.29, 0.717) is 19.3 Å². The van der Waals surface area contributed by atoms with E-state index in [0.717, 1.165) is 24.0 Å². The third-order valence-corrected chi connectivity index (χ3v) is 8.76. The molecule has 274 valence electrons. The Kier molecular flexibility index (Phi) is 14.6. The van der Waals surface area contributed by atoms with Crippen molar-refractivity contribution in [1.29, 1.82) is 0 Å². The van der Waals surface area contributed by atoms with Crippen LogP contribution in [0.5, 0.6) is 0 Å². The van der Waals surface area contributed by atoms with Gasteiger partial charge < -0.3 is 26.0 Å². The summed E-state index contributed by atoms with van der Waals surface area (Å²) in [5.41, 5.74) is 0.629. The number of ether oxygens (including phenoxy) is 1. The lowest BCUT2D eigenvalue weighted by molar-refractivity contribution is -0.134. The van der Waals surface area contributed by atoms with Crippen LogP contribution in [0.1, 0.15) is 98.6 Å². The molecule has 1 aliphatic carbocycles. The molecule has 0 saturated heterocycles. The predicted molar refractivity (Wildman–Crippen MR) is 195 cm³/mol. The first-order chi connectivity index (χ1) is 23.5. The van der Waals surface area contributed by atoms with Gasteiger partial charge in [0.25, 0.3) is 0 Å². The number of hydrogen-bond donors (Lipinski definition) is 4. The molecule has 4 amide bonds. The molecule has 0 aromatic heterocycles. The van der Waals surface area contributed by atoms with E-state index in [4.69, 9.17) is 4.74 Å². The highest BCUT2D eigenvalue weighted by Gasteiger charge is 2.48. The van der Waals surface area contributed by atoms with Crippen molar-refractivity contribution in [2.75, 3.05) is 0 Å². The largest absolute Gasteiger partial charge is 0.444 e. The molecule has 0 aliphatic heterocycles. The zero-order valence-corrected chi connectivity index (χ0v) is 31.1. The quantitative estimate of drug-likeness (QED) is 0.159. The minimum atomic E-state index is -1.00. The highest BCUT2D eigenvalue weighted by atomic mass is 16.6. The number of nitrogens with one attached hydrogen (secondary N) is 4. The van der Waals surface area contributed by atoms with Crippen molar-refractivity contribution < 1.29 is 28.7 Å². The molecule has 10 nitrogen and oxygen atoms in total. The van der Waals surface area contributed by atoms with Crippen LogP contribution in [-0.2, 0) is 36.8 Å². The van der Waals surface area contributed by atoms with Gasteiger partial charge in [0.1, 0.15) is 23.7 Å². The molecule has 1 aliphatic rings. The van der Waals surface area contributed by atoms with E-state index in [2.05, 4.69) is 21.3 Å². The second-order valence-corrected chi connectivity index (χ2v) is 15.8. The van der Waals surface area contributed by atoms with Crippen LogP contribution in [0.3, 0.4) is 0 Å². The second-order valence-electron chi connectivity index (χ2n) is 15.8. The van der Waals surface area contributed by atoms with Gasteiger partial charge in [-0.3, -0.25) is 19.2 Å². The lowest BCUT2D eigenvalue weighted by Crippen LogP contribution is -2.59. The molecular weight excluding hydrogens is 632 g/mol. The van der Waals surface area contributed by atoms with E-state index >= 15 is 0 Å². The summed E-state index contributed by atoms with van der Waals surface area (Å²) in [5.74, 6) is -1.30. The molecule has 1 fully saturated rings. The number of benzene rings is 2. The molecule has 4 N–H and O–H groups in total. The highest BCUT2D eigenvalue weighted by Crippen LogP contribution is 2.47. The van der Waals surface area contributed by atoms with Crippen LogP contribution in [0.15, 0.2) is 60.7 Å². The monoisotopic (exact) mass is 690 g/mol. The van der Waals surface area contributed by atoms with Gasteiger partial charge in [0.05, 0.1) is 6.04 Å². The van der Waals surface area contributed by atoms with E-state index in [1.165, 1.54) is 0 Å². The van der Waals surface area contributed by atoms with Gasteiger partial charge in [-0.05, 0) is 82.3 Å². The predicted octanol–water partition coefficient (Wildman–Crippen LogP) is 5.67. The zero-order valence-electron chi connectivity index (χ0n) is 31.1. The Bertz CT molecular complexity index is 1430. The molecule has 0 radical (unpaired) electrons. The first-order valence-corrected chi connectivity index (χ1v) is 18.0. The fourth-order valence-electron chi connectivity index (χ4n) is 5.81. The SMILES string of the molecule is CC(C)CC(NC(=O)[C@@H](CCc1ccccc1)NC(=O)OC(C)(C)C)C(=O)N[C@@H](Cc1ccccc1)C(=O)NC(CC(C)C)C(=O)C1(C)CC1. The summed E-state index contributed by atoms with van der Waals surface area (Å²) in [6, 6.07) is 15.3.